The first kappa shape index (κ1) is 21.1. The van der Waals surface area contributed by atoms with E-state index in [4.69, 9.17) is 0 Å². The SMILES string of the molecule is O=C(O)[C@@H]1C[C@@H](O)CN1C(=O)[C@@H]1C[C@H](S)CN1S(=O)(=O)c1ccc2ccccc2c1. The van der Waals surface area contributed by atoms with Crippen molar-refractivity contribution in [3.63, 3.8) is 0 Å². The van der Waals surface area contributed by atoms with E-state index in [1.165, 1.54) is 6.07 Å². The molecular weight excluding hydrogens is 428 g/mol. The fourth-order valence-corrected chi connectivity index (χ4v) is 6.38. The number of sulfonamides is 1. The number of carbonyl (C=O) groups excluding carboxylic acids is 1. The number of hydrogen-bond acceptors (Lipinski definition) is 6. The third-order valence-electron chi connectivity index (χ3n) is 5.69. The van der Waals surface area contributed by atoms with Crippen molar-refractivity contribution in [3.8, 4) is 0 Å². The van der Waals surface area contributed by atoms with Gasteiger partial charge in [-0.05, 0) is 29.3 Å². The molecule has 1 amide bonds. The zero-order valence-corrected chi connectivity index (χ0v) is 17.7. The lowest BCUT2D eigenvalue weighted by Gasteiger charge is -2.29. The van der Waals surface area contributed by atoms with Gasteiger partial charge in [-0.25, -0.2) is 13.2 Å². The molecule has 2 N–H and O–H groups in total. The van der Waals surface area contributed by atoms with Gasteiger partial charge in [0.15, 0.2) is 0 Å². The second kappa shape index (κ2) is 7.84. The zero-order chi connectivity index (χ0) is 21.6. The fourth-order valence-electron chi connectivity index (χ4n) is 4.22. The molecule has 2 fully saturated rings. The predicted molar refractivity (Wildman–Crippen MR) is 113 cm³/mol. The number of hydrogen-bond donors (Lipinski definition) is 3. The summed E-state index contributed by atoms with van der Waals surface area (Å²) in [5, 5.41) is 20.6. The number of carboxylic acids is 1. The average molecular weight is 451 g/mol. The first-order valence-corrected chi connectivity index (χ1v) is 11.5. The van der Waals surface area contributed by atoms with Crippen LogP contribution in [0.25, 0.3) is 10.8 Å². The molecule has 4 atom stereocenters. The molecule has 2 saturated heterocycles. The summed E-state index contributed by atoms with van der Waals surface area (Å²) in [7, 11) is -4.01. The molecule has 2 aromatic rings. The summed E-state index contributed by atoms with van der Waals surface area (Å²) in [6, 6.07) is 9.92. The Morgan fingerprint density at radius 3 is 2.40 bits per heavy atom. The predicted octanol–water partition coefficient (Wildman–Crippen LogP) is 0.948. The molecule has 0 saturated carbocycles. The maximum atomic E-state index is 13.4. The number of likely N-dealkylation sites (tertiary alicyclic amines) is 1. The Morgan fingerprint density at radius 2 is 1.70 bits per heavy atom. The van der Waals surface area contributed by atoms with Gasteiger partial charge in [0, 0.05) is 24.8 Å². The minimum absolute atomic E-state index is 0.0445. The molecule has 30 heavy (non-hydrogen) atoms. The molecule has 0 radical (unpaired) electrons. The third-order valence-corrected chi connectivity index (χ3v) is 7.94. The first-order valence-electron chi connectivity index (χ1n) is 9.58. The van der Waals surface area contributed by atoms with Crippen LogP contribution >= 0.6 is 12.6 Å². The zero-order valence-electron chi connectivity index (χ0n) is 16.0. The van der Waals surface area contributed by atoms with Crippen molar-refractivity contribution in [1.29, 1.82) is 0 Å². The molecule has 2 heterocycles. The Morgan fingerprint density at radius 1 is 1.00 bits per heavy atom. The van der Waals surface area contributed by atoms with Crippen molar-refractivity contribution in [2.75, 3.05) is 13.1 Å². The molecule has 0 unspecified atom stereocenters. The van der Waals surface area contributed by atoms with Gasteiger partial charge in [-0.3, -0.25) is 4.79 Å². The Labute approximate surface area is 179 Å². The van der Waals surface area contributed by atoms with Crippen LogP contribution in [0.2, 0.25) is 0 Å². The lowest BCUT2D eigenvalue weighted by molar-refractivity contribution is -0.149. The van der Waals surface area contributed by atoms with E-state index >= 15 is 0 Å². The van der Waals surface area contributed by atoms with Gasteiger partial charge in [-0.1, -0.05) is 30.3 Å². The van der Waals surface area contributed by atoms with Crippen molar-refractivity contribution >= 4 is 45.3 Å². The summed E-state index contributed by atoms with van der Waals surface area (Å²) >= 11 is 4.39. The summed E-state index contributed by atoms with van der Waals surface area (Å²) < 4.78 is 27.9. The minimum Gasteiger partial charge on any atom is -0.480 e. The van der Waals surface area contributed by atoms with Crippen LogP contribution < -0.4 is 0 Å². The summed E-state index contributed by atoms with van der Waals surface area (Å²) in [6.45, 7) is -0.0871. The van der Waals surface area contributed by atoms with Crippen LogP contribution in [0.4, 0.5) is 0 Å². The van der Waals surface area contributed by atoms with Gasteiger partial charge in [0.1, 0.15) is 12.1 Å². The molecule has 2 aliphatic heterocycles. The van der Waals surface area contributed by atoms with Gasteiger partial charge in [0.2, 0.25) is 15.9 Å². The maximum Gasteiger partial charge on any atom is 0.326 e. The van der Waals surface area contributed by atoms with E-state index in [2.05, 4.69) is 12.6 Å². The fraction of sp³-hybridized carbons (Fsp3) is 0.400. The van der Waals surface area contributed by atoms with Gasteiger partial charge in [-0.15, -0.1) is 0 Å². The molecule has 4 rings (SSSR count). The molecular formula is C20H22N2O6S2. The number of benzene rings is 2. The second-order valence-electron chi connectivity index (χ2n) is 7.72. The number of thiol groups is 1. The van der Waals surface area contributed by atoms with E-state index in [0.29, 0.717) is 0 Å². The number of rotatable bonds is 4. The number of β-amino-alcohol motifs (C(OH)–C–C–N with tert-alkyl or cyclic N) is 1. The Hall–Kier alpha value is -2.14. The molecule has 160 valence electrons. The summed E-state index contributed by atoms with van der Waals surface area (Å²) in [4.78, 5) is 25.8. The van der Waals surface area contributed by atoms with Crippen molar-refractivity contribution in [2.45, 2.75) is 41.2 Å². The van der Waals surface area contributed by atoms with E-state index in [1.807, 2.05) is 24.3 Å². The van der Waals surface area contributed by atoms with Crippen LogP contribution in [0.1, 0.15) is 12.8 Å². The highest BCUT2D eigenvalue weighted by atomic mass is 32.2. The molecule has 8 nitrogen and oxygen atoms in total. The molecule has 0 aromatic heterocycles. The van der Waals surface area contributed by atoms with Crippen molar-refractivity contribution < 1.29 is 28.2 Å². The van der Waals surface area contributed by atoms with E-state index in [1.54, 1.807) is 12.1 Å². The second-order valence-corrected chi connectivity index (χ2v) is 10.3. The summed E-state index contributed by atoms with van der Waals surface area (Å²) in [5.41, 5.74) is 0. The number of fused-ring (bicyclic) bond motifs is 1. The summed E-state index contributed by atoms with van der Waals surface area (Å²) in [5.74, 6) is -1.83. The van der Waals surface area contributed by atoms with Crippen LogP contribution in [0.15, 0.2) is 47.4 Å². The highest BCUT2D eigenvalue weighted by molar-refractivity contribution is 7.89. The van der Waals surface area contributed by atoms with E-state index in [-0.39, 0.29) is 36.1 Å². The lowest BCUT2D eigenvalue weighted by atomic mass is 10.1. The van der Waals surface area contributed by atoms with E-state index < -0.39 is 40.1 Å². The number of carboxylic acid groups (broad SMARTS) is 1. The van der Waals surface area contributed by atoms with Gasteiger partial charge >= 0.3 is 5.97 Å². The Balaban J connectivity index is 1.67. The molecule has 0 spiro atoms. The van der Waals surface area contributed by atoms with Crippen LogP contribution in [0.5, 0.6) is 0 Å². The molecule has 2 aliphatic rings. The van der Waals surface area contributed by atoms with Crippen LogP contribution in [0.3, 0.4) is 0 Å². The summed E-state index contributed by atoms with van der Waals surface area (Å²) in [6.07, 6.45) is -0.850. The van der Waals surface area contributed by atoms with Crippen molar-refractivity contribution in [3.05, 3.63) is 42.5 Å². The highest BCUT2D eigenvalue weighted by Crippen LogP contribution is 2.32. The Bertz CT molecular complexity index is 1110. The van der Waals surface area contributed by atoms with Crippen LogP contribution in [-0.4, -0.2) is 76.2 Å². The van der Waals surface area contributed by atoms with Crippen molar-refractivity contribution in [1.82, 2.24) is 9.21 Å². The monoisotopic (exact) mass is 450 g/mol. The average Bonchev–Trinajstić information content (AvgIpc) is 3.30. The first-order chi connectivity index (χ1) is 14.2. The van der Waals surface area contributed by atoms with Crippen LogP contribution in [-0.2, 0) is 19.6 Å². The van der Waals surface area contributed by atoms with Crippen LogP contribution in [0, 0.1) is 0 Å². The quantitative estimate of drug-likeness (QED) is 0.598. The van der Waals surface area contributed by atoms with Gasteiger partial charge in [0.05, 0.1) is 11.0 Å². The number of aliphatic hydroxyl groups is 1. The highest BCUT2D eigenvalue weighted by Gasteiger charge is 2.48. The number of carbonyl (C=O) groups is 2. The number of aliphatic carboxylic acids is 1. The smallest absolute Gasteiger partial charge is 0.326 e. The maximum absolute atomic E-state index is 13.4. The number of nitrogens with zero attached hydrogens (tertiary/aromatic N) is 2. The molecule has 0 aliphatic carbocycles. The Kier molecular flexibility index (Phi) is 5.52. The molecule has 10 heteroatoms. The van der Waals surface area contributed by atoms with Crippen molar-refractivity contribution in [2.24, 2.45) is 0 Å². The normalized spacial score (nSPS) is 27.6. The van der Waals surface area contributed by atoms with Gasteiger partial charge < -0.3 is 15.1 Å². The number of amides is 1. The third kappa shape index (κ3) is 3.68. The number of aliphatic hydroxyl groups excluding tert-OH is 1. The van der Waals surface area contributed by atoms with Gasteiger partial charge in [-0.2, -0.15) is 16.9 Å². The lowest BCUT2D eigenvalue weighted by Crippen LogP contribution is -2.51. The standard InChI is InChI=1S/C20H22N2O6S2/c23-14-8-18(20(25)26)21(10-14)19(24)17-9-15(29)11-22(17)30(27,28)16-6-5-12-3-1-2-4-13(12)7-16/h1-7,14-15,17-18,23,29H,8-11H2,(H,25,26)/t14-,15+,17+,18+/m1/s1. The topological polar surface area (TPSA) is 115 Å². The molecule has 2 aromatic carbocycles. The van der Waals surface area contributed by atoms with Gasteiger partial charge in [0.25, 0.3) is 0 Å². The van der Waals surface area contributed by atoms with E-state index in [9.17, 15) is 28.2 Å². The molecule has 0 bridgehead atoms. The van der Waals surface area contributed by atoms with E-state index in [0.717, 1.165) is 20.0 Å². The minimum atomic E-state index is -4.01. The largest absolute Gasteiger partial charge is 0.480 e.